The quantitative estimate of drug-likeness (QED) is 0.463. The lowest BCUT2D eigenvalue weighted by Gasteiger charge is -2.07. The van der Waals surface area contributed by atoms with E-state index in [4.69, 9.17) is 12.2 Å². The third kappa shape index (κ3) is 2.85. The number of hydrogen-bond acceptors (Lipinski definition) is 3. The highest BCUT2D eigenvalue weighted by molar-refractivity contribution is 7.71. The van der Waals surface area contributed by atoms with Gasteiger partial charge in [-0.3, -0.25) is 14.3 Å². The molecule has 1 amide bonds. The van der Waals surface area contributed by atoms with E-state index >= 15 is 0 Å². The number of fused-ring (bicyclic) bond motifs is 1. The van der Waals surface area contributed by atoms with Crippen LogP contribution >= 0.6 is 12.2 Å². The number of aromatic amines is 2. The Hall–Kier alpha value is -3.46. The largest absolute Gasteiger partial charge is 0.331 e. The van der Waals surface area contributed by atoms with Crippen LogP contribution in [0.2, 0.25) is 0 Å². The Labute approximate surface area is 163 Å². The van der Waals surface area contributed by atoms with Gasteiger partial charge in [-0.05, 0) is 43.4 Å². The molecule has 0 aliphatic rings. The summed E-state index contributed by atoms with van der Waals surface area (Å²) in [4.78, 5) is 31.4. The molecule has 7 nitrogen and oxygen atoms in total. The number of amides is 1. The number of hydrogen-bond donors (Lipinski definition) is 3. The Morgan fingerprint density at radius 1 is 1.18 bits per heavy atom. The summed E-state index contributed by atoms with van der Waals surface area (Å²) in [6, 6.07) is 11.4. The van der Waals surface area contributed by atoms with Crippen molar-refractivity contribution >= 4 is 34.8 Å². The van der Waals surface area contributed by atoms with Gasteiger partial charge in [0.25, 0.3) is 11.5 Å². The lowest BCUT2D eigenvalue weighted by Crippen LogP contribution is -2.23. The number of para-hydroxylation sites is 1. The zero-order valence-electron chi connectivity index (χ0n) is 15.0. The maximum Gasteiger partial charge on any atom is 0.295 e. The van der Waals surface area contributed by atoms with Crippen molar-refractivity contribution in [1.82, 2.24) is 19.3 Å². The van der Waals surface area contributed by atoms with Crippen LogP contribution in [0.4, 0.5) is 10.1 Å². The molecule has 2 aromatic carbocycles. The fourth-order valence-electron chi connectivity index (χ4n) is 3.18. The van der Waals surface area contributed by atoms with Gasteiger partial charge >= 0.3 is 0 Å². The minimum Gasteiger partial charge on any atom is -0.331 e. The first kappa shape index (κ1) is 17.9. The molecule has 142 valence electrons. The van der Waals surface area contributed by atoms with Gasteiger partial charge in [0.05, 0.1) is 28.0 Å². The number of rotatable bonds is 3. The molecular weight excluding hydrogens is 381 g/mol. The molecule has 9 heteroatoms. The number of anilines is 1. The monoisotopic (exact) mass is 397 g/mol. The number of benzene rings is 2. The molecule has 0 saturated heterocycles. The van der Waals surface area contributed by atoms with Crippen molar-refractivity contribution in [3.63, 3.8) is 0 Å². The van der Waals surface area contributed by atoms with Gasteiger partial charge in [-0.2, -0.15) is 0 Å². The fourth-order valence-corrected chi connectivity index (χ4v) is 3.39. The summed E-state index contributed by atoms with van der Waals surface area (Å²) in [5, 5.41) is 2.63. The minimum atomic E-state index is -0.610. The number of imidazole rings is 1. The topological polar surface area (TPSA) is 87.6 Å². The van der Waals surface area contributed by atoms with Crippen molar-refractivity contribution in [2.45, 2.75) is 6.92 Å². The zero-order valence-corrected chi connectivity index (χ0v) is 15.9. The standard InChI is InChI=1S/C19H16FN5O2S/c1-10-15(18(27)25(24(10)2)12-6-4-3-5-7-12)22-17(26)13-8-11(20)9-14-16(13)23-19(28)21-14/h3-9H,1-2H3,(H,22,26)(H2,21,23,28). The number of halogens is 1. The second-order valence-electron chi connectivity index (χ2n) is 6.35. The van der Waals surface area contributed by atoms with E-state index in [2.05, 4.69) is 15.3 Å². The van der Waals surface area contributed by atoms with Crippen LogP contribution in [0.1, 0.15) is 16.1 Å². The summed E-state index contributed by atoms with van der Waals surface area (Å²) in [6.07, 6.45) is 0. The Kier molecular flexibility index (Phi) is 4.23. The van der Waals surface area contributed by atoms with Gasteiger partial charge in [-0.15, -0.1) is 0 Å². The molecule has 0 saturated carbocycles. The predicted octanol–water partition coefficient (Wildman–Crippen LogP) is 3.41. The normalized spacial score (nSPS) is 11.1. The molecule has 4 aromatic rings. The van der Waals surface area contributed by atoms with Crippen molar-refractivity contribution in [1.29, 1.82) is 0 Å². The second-order valence-corrected chi connectivity index (χ2v) is 6.75. The van der Waals surface area contributed by atoms with Crippen LogP contribution < -0.4 is 10.9 Å². The van der Waals surface area contributed by atoms with Gasteiger partial charge in [0.15, 0.2) is 4.77 Å². The molecule has 4 rings (SSSR count). The summed E-state index contributed by atoms with van der Waals surface area (Å²) in [7, 11) is 1.73. The van der Waals surface area contributed by atoms with E-state index in [1.807, 2.05) is 18.2 Å². The van der Waals surface area contributed by atoms with Crippen LogP contribution in [0.15, 0.2) is 47.3 Å². The van der Waals surface area contributed by atoms with Crippen molar-refractivity contribution in [3.8, 4) is 5.69 Å². The summed E-state index contributed by atoms with van der Waals surface area (Å²) in [6.45, 7) is 1.72. The first-order valence-corrected chi connectivity index (χ1v) is 8.84. The lowest BCUT2D eigenvalue weighted by molar-refractivity contribution is 0.102. The van der Waals surface area contributed by atoms with Gasteiger partial charge in [0, 0.05) is 7.05 Å². The predicted molar refractivity (Wildman–Crippen MR) is 107 cm³/mol. The van der Waals surface area contributed by atoms with Crippen LogP contribution in [-0.2, 0) is 7.05 Å². The molecule has 0 fully saturated rings. The second kappa shape index (κ2) is 6.61. The van der Waals surface area contributed by atoms with E-state index in [1.54, 1.807) is 30.8 Å². The molecule has 2 aromatic heterocycles. The van der Waals surface area contributed by atoms with Crippen molar-refractivity contribution < 1.29 is 9.18 Å². The summed E-state index contributed by atoms with van der Waals surface area (Å²) >= 11 is 5.03. The lowest BCUT2D eigenvalue weighted by atomic mass is 10.1. The Morgan fingerprint density at radius 3 is 2.61 bits per heavy atom. The number of nitrogens with one attached hydrogen (secondary N) is 3. The maximum atomic E-state index is 13.9. The highest BCUT2D eigenvalue weighted by atomic mass is 32.1. The maximum absolute atomic E-state index is 13.9. The van der Waals surface area contributed by atoms with E-state index in [9.17, 15) is 14.0 Å². The highest BCUT2D eigenvalue weighted by Gasteiger charge is 2.21. The average molecular weight is 397 g/mol. The van der Waals surface area contributed by atoms with Crippen LogP contribution in [0.5, 0.6) is 0 Å². The van der Waals surface area contributed by atoms with Gasteiger partial charge < -0.3 is 15.3 Å². The molecule has 0 radical (unpaired) electrons. The number of aromatic nitrogens is 4. The van der Waals surface area contributed by atoms with Gasteiger partial charge in [0.2, 0.25) is 0 Å². The Bertz CT molecular complexity index is 1330. The molecule has 28 heavy (non-hydrogen) atoms. The molecule has 0 unspecified atom stereocenters. The van der Waals surface area contributed by atoms with E-state index in [0.717, 1.165) is 6.07 Å². The molecule has 0 aliphatic heterocycles. The van der Waals surface area contributed by atoms with E-state index < -0.39 is 11.7 Å². The Balaban J connectivity index is 1.80. The van der Waals surface area contributed by atoms with Crippen LogP contribution in [0.3, 0.4) is 0 Å². The van der Waals surface area contributed by atoms with Crippen molar-refractivity contribution in [2.24, 2.45) is 7.05 Å². The van der Waals surface area contributed by atoms with E-state index in [1.165, 1.54) is 10.7 Å². The minimum absolute atomic E-state index is 0.0521. The third-order valence-electron chi connectivity index (χ3n) is 4.63. The molecule has 3 N–H and O–H groups in total. The number of carbonyl (C=O) groups excluding carboxylic acids is 1. The number of carbonyl (C=O) groups is 1. The molecule has 0 atom stereocenters. The Morgan fingerprint density at radius 2 is 1.89 bits per heavy atom. The molecule has 0 bridgehead atoms. The smallest absolute Gasteiger partial charge is 0.295 e. The van der Waals surface area contributed by atoms with Gasteiger partial charge in [-0.25, -0.2) is 9.07 Å². The van der Waals surface area contributed by atoms with Crippen molar-refractivity contribution in [3.05, 3.63) is 74.7 Å². The average Bonchev–Trinajstić information content (AvgIpc) is 3.13. The third-order valence-corrected chi connectivity index (χ3v) is 4.83. The van der Waals surface area contributed by atoms with E-state index in [0.29, 0.717) is 22.4 Å². The van der Waals surface area contributed by atoms with E-state index in [-0.39, 0.29) is 21.6 Å². The van der Waals surface area contributed by atoms with Crippen LogP contribution in [-0.4, -0.2) is 25.2 Å². The molecular formula is C19H16FN5O2S. The summed E-state index contributed by atoms with van der Waals surface area (Å²) < 4.78 is 17.3. The molecule has 0 spiro atoms. The first-order chi connectivity index (χ1) is 13.4. The van der Waals surface area contributed by atoms with Crippen LogP contribution in [0.25, 0.3) is 16.7 Å². The number of nitrogens with zero attached hydrogens (tertiary/aromatic N) is 2. The fraction of sp³-hybridized carbons (Fsp3) is 0.105. The highest BCUT2D eigenvalue weighted by Crippen LogP contribution is 2.20. The van der Waals surface area contributed by atoms with Crippen molar-refractivity contribution in [2.75, 3.05) is 5.32 Å². The summed E-state index contributed by atoms with van der Waals surface area (Å²) in [5.41, 5.74) is 1.79. The number of H-pyrrole nitrogens is 2. The van der Waals surface area contributed by atoms with Gasteiger partial charge in [-0.1, -0.05) is 18.2 Å². The molecule has 2 heterocycles. The first-order valence-electron chi connectivity index (χ1n) is 8.43. The zero-order chi connectivity index (χ0) is 20.0. The SMILES string of the molecule is Cc1c(NC(=O)c2cc(F)cc3[nH]c(=S)[nH]c23)c(=O)n(-c2ccccc2)n1C. The van der Waals surface area contributed by atoms with Gasteiger partial charge in [0.1, 0.15) is 11.5 Å². The van der Waals surface area contributed by atoms with Crippen LogP contribution in [0, 0.1) is 17.5 Å². The molecule has 0 aliphatic carbocycles. The summed E-state index contributed by atoms with van der Waals surface area (Å²) in [5.74, 6) is -1.20.